The predicted molar refractivity (Wildman–Crippen MR) is 144 cm³/mol. The first-order chi connectivity index (χ1) is 15.6. The van der Waals surface area contributed by atoms with Crippen molar-refractivity contribution in [3.8, 4) is 0 Å². The molecule has 0 aliphatic carbocycles. The van der Waals surface area contributed by atoms with Gasteiger partial charge in [-0.25, -0.2) is 0 Å². The molecule has 0 bridgehead atoms. The van der Waals surface area contributed by atoms with Crippen molar-refractivity contribution < 1.29 is 4.79 Å². The third-order valence-corrected chi connectivity index (χ3v) is 7.10. The van der Waals surface area contributed by atoms with Gasteiger partial charge in [0.05, 0.1) is 0 Å². The Morgan fingerprint density at radius 3 is 1.28 bits per heavy atom. The zero-order valence-corrected chi connectivity index (χ0v) is 22.9. The highest BCUT2D eigenvalue weighted by Gasteiger charge is 2.17. The summed E-state index contributed by atoms with van der Waals surface area (Å²) in [7, 11) is 0. The monoisotopic (exact) mass is 449 g/mol. The van der Waals surface area contributed by atoms with Crippen LogP contribution in [-0.2, 0) is 4.79 Å². The molecule has 0 fully saturated rings. The van der Waals surface area contributed by atoms with Gasteiger partial charge in [0.15, 0.2) is 0 Å². The molecule has 0 aromatic heterocycles. The Balaban J connectivity index is 4.23. The predicted octanol–water partition coefficient (Wildman–Crippen LogP) is 10.2. The van der Waals surface area contributed by atoms with Crippen LogP contribution in [0.4, 0.5) is 0 Å². The average Bonchev–Trinajstić information content (AvgIpc) is 2.78. The molecule has 190 valence electrons. The summed E-state index contributed by atoms with van der Waals surface area (Å²) in [6.07, 6.45) is 29.6. The molecule has 0 aromatic rings. The Morgan fingerprint density at radius 2 is 0.969 bits per heavy atom. The highest BCUT2D eigenvalue weighted by Crippen LogP contribution is 2.22. The summed E-state index contributed by atoms with van der Waals surface area (Å²) in [4.78, 5) is 14.2. The van der Waals surface area contributed by atoms with Gasteiger partial charge in [0, 0.05) is 19.2 Å². The SMILES string of the molecule is C/C=C(\C)N(CC(CCCCCCCCCC)CCCCCCCCCCCC)C(C)=O. The Bertz CT molecular complexity index is 442. The maximum absolute atomic E-state index is 12.2. The number of carbonyl (C=O) groups excluding carboxylic acids is 1. The van der Waals surface area contributed by atoms with E-state index in [0.717, 1.165) is 12.2 Å². The van der Waals surface area contributed by atoms with Crippen molar-refractivity contribution in [2.75, 3.05) is 6.54 Å². The van der Waals surface area contributed by atoms with E-state index in [1.165, 1.54) is 128 Å². The van der Waals surface area contributed by atoms with Crippen molar-refractivity contribution in [2.45, 2.75) is 163 Å². The van der Waals surface area contributed by atoms with Crippen LogP contribution < -0.4 is 0 Å². The zero-order chi connectivity index (χ0) is 23.9. The van der Waals surface area contributed by atoms with E-state index in [1.807, 2.05) is 11.8 Å². The van der Waals surface area contributed by atoms with Crippen LogP contribution in [0.3, 0.4) is 0 Å². The molecular formula is C30H59NO. The van der Waals surface area contributed by atoms with E-state index in [1.54, 1.807) is 6.92 Å². The van der Waals surface area contributed by atoms with Crippen LogP contribution in [0.25, 0.3) is 0 Å². The molecular weight excluding hydrogens is 390 g/mol. The third kappa shape index (κ3) is 18.8. The first-order valence-electron chi connectivity index (χ1n) is 14.5. The second-order valence-corrected chi connectivity index (χ2v) is 10.2. The summed E-state index contributed by atoms with van der Waals surface area (Å²) < 4.78 is 0. The largest absolute Gasteiger partial charge is 0.317 e. The standard InChI is InChI=1S/C30H59NO/c1-6-9-11-13-15-17-18-20-22-24-26-30(27-31(29(5)32)28(4)8-3)25-23-21-19-16-14-12-10-7-2/h8,30H,6-7,9-27H2,1-5H3/b28-8+. The van der Waals surface area contributed by atoms with E-state index < -0.39 is 0 Å². The van der Waals surface area contributed by atoms with Crippen LogP contribution in [0.15, 0.2) is 11.8 Å². The van der Waals surface area contributed by atoms with Gasteiger partial charge in [0.2, 0.25) is 5.91 Å². The van der Waals surface area contributed by atoms with E-state index in [2.05, 4.69) is 26.8 Å². The van der Waals surface area contributed by atoms with E-state index in [9.17, 15) is 4.79 Å². The molecule has 0 radical (unpaired) electrons. The van der Waals surface area contributed by atoms with Crippen molar-refractivity contribution in [1.29, 1.82) is 0 Å². The highest BCUT2D eigenvalue weighted by atomic mass is 16.2. The van der Waals surface area contributed by atoms with Gasteiger partial charge in [-0.1, -0.05) is 135 Å². The lowest BCUT2D eigenvalue weighted by molar-refractivity contribution is -0.127. The summed E-state index contributed by atoms with van der Waals surface area (Å²) in [5, 5.41) is 0. The zero-order valence-electron chi connectivity index (χ0n) is 22.9. The van der Waals surface area contributed by atoms with E-state index in [-0.39, 0.29) is 5.91 Å². The molecule has 0 rings (SSSR count). The molecule has 0 saturated heterocycles. The summed E-state index contributed by atoms with van der Waals surface area (Å²) >= 11 is 0. The fraction of sp³-hybridized carbons (Fsp3) is 0.900. The maximum atomic E-state index is 12.2. The Labute approximate surface area is 203 Å². The van der Waals surface area contributed by atoms with Gasteiger partial charge in [-0.2, -0.15) is 0 Å². The number of rotatable bonds is 23. The lowest BCUT2D eigenvalue weighted by atomic mass is 9.93. The smallest absolute Gasteiger partial charge is 0.223 e. The molecule has 0 aromatic carbocycles. The number of nitrogens with zero attached hydrogens (tertiary/aromatic N) is 1. The van der Waals surface area contributed by atoms with Gasteiger partial charge < -0.3 is 4.90 Å². The average molecular weight is 450 g/mol. The van der Waals surface area contributed by atoms with Crippen molar-refractivity contribution in [2.24, 2.45) is 5.92 Å². The molecule has 0 aliphatic rings. The van der Waals surface area contributed by atoms with Crippen molar-refractivity contribution in [3.63, 3.8) is 0 Å². The van der Waals surface area contributed by atoms with Crippen LogP contribution in [-0.4, -0.2) is 17.4 Å². The minimum atomic E-state index is 0.199. The summed E-state index contributed by atoms with van der Waals surface area (Å²) in [5.74, 6) is 0.854. The topological polar surface area (TPSA) is 20.3 Å². The molecule has 1 unspecified atom stereocenters. The van der Waals surface area contributed by atoms with Gasteiger partial charge >= 0.3 is 0 Å². The van der Waals surface area contributed by atoms with Crippen LogP contribution in [0.2, 0.25) is 0 Å². The lowest BCUT2D eigenvalue weighted by Crippen LogP contribution is -2.32. The number of allylic oxidation sites excluding steroid dienone is 2. The third-order valence-electron chi connectivity index (χ3n) is 7.10. The number of carbonyl (C=O) groups is 1. The minimum Gasteiger partial charge on any atom is -0.317 e. The van der Waals surface area contributed by atoms with E-state index in [0.29, 0.717) is 5.92 Å². The van der Waals surface area contributed by atoms with Crippen LogP contribution in [0.1, 0.15) is 163 Å². The molecule has 2 nitrogen and oxygen atoms in total. The van der Waals surface area contributed by atoms with Gasteiger partial charge in [0.25, 0.3) is 0 Å². The van der Waals surface area contributed by atoms with Crippen molar-refractivity contribution >= 4 is 5.91 Å². The molecule has 1 atom stereocenters. The number of hydrogen-bond donors (Lipinski definition) is 0. The quantitative estimate of drug-likeness (QED) is 0.142. The maximum Gasteiger partial charge on any atom is 0.223 e. The minimum absolute atomic E-state index is 0.199. The summed E-state index contributed by atoms with van der Waals surface area (Å²) in [5.41, 5.74) is 1.11. The van der Waals surface area contributed by atoms with Crippen LogP contribution in [0, 0.1) is 5.92 Å². The van der Waals surface area contributed by atoms with Gasteiger partial charge in [-0.3, -0.25) is 4.79 Å². The first-order valence-corrected chi connectivity index (χ1v) is 14.5. The lowest BCUT2D eigenvalue weighted by Gasteiger charge is -2.27. The van der Waals surface area contributed by atoms with Crippen molar-refractivity contribution in [1.82, 2.24) is 4.90 Å². The number of unbranched alkanes of at least 4 members (excludes halogenated alkanes) is 16. The van der Waals surface area contributed by atoms with E-state index in [4.69, 9.17) is 0 Å². The second-order valence-electron chi connectivity index (χ2n) is 10.2. The molecule has 0 N–H and O–H groups in total. The molecule has 0 heterocycles. The van der Waals surface area contributed by atoms with Crippen LogP contribution in [0.5, 0.6) is 0 Å². The van der Waals surface area contributed by atoms with Gasteiger partial charge in [-0.15, -0.1) is 0 Å². The molecule has 0 aliphatic heterocycles. The molecule has 0 saturated carbocycles. The normalized spacial score (nSPS) is 12.8. The Hall–Kier alpha value is -0.790. The summed E-state index contributed by atoms with van der Waals surface area (Å²) in [6.45, 7) is 11.3. The first kappa shape index (κ1) is 31.2. The fourth-order valence-electron chi connectivity index (χ4n) is 4.75. The molecule has 1 amide bonds. The molecule has 2 heteroatoms. The second kappa shape index (κ2) is 23.4. The summed E-state index contributed by atoms with van der Waals surface area (Å²) in [6, 6.07) is 0. The van der Waals surface area contributed by atoms with E-state index >= 15 is 0 Å². The molecule has 32 heavy (non-hydrogen) atoms. The number of amides is 1. The number of hydrogen-bond acceptors (Lipinski definition) is 1. The van der Waals surface area contributed by atoms with Gasteiger partial charge in [0.1, 0.15) is 0 Å². The van der Waals surface area contributed by atoms with Gasteiger partial charge in [-0.05, 0) is 32.6 Å². The van der Waals surface area contributed by atoms with Crippen molar-refractivity contribution in [3.05, 3.63) is 11.8 Å². The fourth-order valence-corrected chi connectivity index (χ4v) is 4.75. The Kier molecular flexibility index (Phi) is 22.8. The highest BCUT2D eigenvalue weighted by molar-refractivity contribution is 5.75. The molecule has 0 spiro atoms. The Morgan fingerprint density at radius 1 is 0.625 bits per heavy atom. The van der Waals surface area contributed by atoms with Crippen LogP contribution >= 0.6 is 0 Å².